The molecule has 3 rings (SSSR count). The van der Waals surface area contributed by atoms with Gasteiger partial charge in [0, 0.05) is 26.8 Å². The van der Waals surface area contributed by atoms with Crippen molar-refractivity contribution >= 4 is 32.5 Å². The largest absolute Gasteiger partial charge is 0.334 e. The van der Waals surface area contributed by atoms with Gasteiger partial charge >= 0.3 is 6.03 Å². The van der Waals surface area contributed by atoms with Crippen LogP contribution >= 0.6 is 11.3 Å². The van der Waals surface area contributed by atoms with Gasteiger partial charge in [0.25, 0.3) is 0 Å². The molecule has 2 N–H and O–H groups in total. The highest BCUT2D eigenvalue weighted by Gasteiger charge is 2.21. The van der Waals surface area contributed by atoms with Crippen LogP contribution in [0, 0.1) is 0 Å². The molecule has 28 heavy (non-hydrogen) atoms. The monoisotopic (exact) mass is 418 g/mol. The molecule has 0 unspecified atom stereocenters. The second kappa shape index (κ2) is 8.42. The van der Waals surface area contributed by atoms with Crippen molar-refractivity contribution in [3.8, 4) is 10.7 Å². The summed E-state index contributed by atoms with van der Waals surface area (Å²) in [5.74, 6) is 0. The van der Waals surface area contributed by atoms with Crippen LogP contribution in [-0.2, 0) is 16.6 Å². The minimum atomic E-state index is -3.61. The first-order valence-corrected chi connectivity index (χ1v) is 10.4. The topological polar surface area (TPSA) is 117 Å². The number of amides is 2. The summed E-state index contributed by atoms with van der Waals surface area (Å²) in [6.45, 7) is 0.0426. The number of pyridine rings is 1. The summed E-state index contributed by atoms with van der Waals surface area (Å²) in [7, 11) is -0.689. The van der Waals surface area contributed by atoms with Crippen LogP contribution in [0.15, 0.2) is 53.6 Å². The maximum atomic E-state index is 12.4. The number of benzene rings is 1. The molecule has 0 radical (unpaired) electrons. The first kappa shape index (κ1) is 19.9. The lowest BCUT2D eigenvalue weighted by molar-refractivity contribution is 0.251. The number of nitrogens with zero attached hydrogens (tertiary/aromatic N) is 4. The minimum absolute atomic E-state index is 0.0426. The van der Waals surface area contributed by atoms with Crippen LogP contribution in [0.5, 0.6) is 0 Å². The molecule has 2 amide bonds. The lowest BCUT2D eigenvalue weighted by Crippen LogP contribution is -2.30. The standard InChI is InChI=1S/C17H18N6O3S2/c1-23(2)28(25,26)14-9-4-3-7-12(14)11-19-16(24)20-17-22-21-15(27-17)13-8-5-6-10-18-13/h3-10H,11H2,1-2H3,(H2,19,20,22,24). The number of carbonyl (C=O) groups is 1. The molecule has 0 aliphatic rings. The molecule has 2 heterocycles. The molecule has 146 valence electrons. The number of rotatable bonds is 6. The van der Waals surface area contributed by atoms with Gasteiger partial charge in [-0.1, -0.05) is 35.6 Å². The molecule has 0 saturated heterocycles. The number of anilines is 1. The molecule has 9 nitrogen and oxygen atoms in total. The van der Waals surface area contributed by atoms with Crippen LogP contribution in [0.25, 0.3) is 10.7 Å². The molecule has 0 atom stereocenters. The minimum Gasteiger partial charge on any atom is -0.334 e. The predicted molar refractivity (Wildman–Crippen MR) is 106 cm³/mol. The molecule has 0 bridgehead atoms. The summed E-state index contributed by atoms with van der Waals surface area (Å²) >= 11 is 1.19. The summed E-state index contributed by atoms with van der Waals surface area (Å²) in [6.07, 6.45) is 1.65. The maximum absolute atomic E-state index is 12.4. The normalized spacial score (nSPS) is 11.4. The quantitative estimate of drug-likeness (QED) is 0.634. The van der Waals surface area contributed by atoms with E-state index >= 15 is 0 Å². The smallest absolute Gasteiger partial charge is 0.321 e. The summed E-state index contributed by atoms with van der Waals surface area (Å²) in [5, 5.41) is 14.0. The lowest BCUT2D eigenvalue weighted by Gasteiger charge is -2.15. The molecule has 2 aromatic heterocycles. The van der Waals surface area contributed by atoms with Crippen molar-refractivity contribution in [1.82, 2.24) is 24.8 Å². The zero-order valence-corrected chi connectivity index (χ0v) is 16.8. The van der Waals surface area contributed by atoms with E-state index in [0.29, 0.717) is 21.4 Å². The van der Waals surface area contributed by atoms with E-state index in [1.54, 1.807) is 36.5 Å². The number of hydrogen-bond acceptors (Lipinski definition) is 7. The van der Waals surface area contributed by atoms with E-state index in [4.69, 9.17) is 0 Å². The Hall–Kier alpha value is -2.89. The molecular formula is C17H18N6O3S2. The van der Waals surface area contributed by atoms with Crippen molar-refractivity contribution in [3.05, 3.63) is 54.2 Å². The van der Waals surface area contributed by atoms with E-state index in [1.165, 1.54) is 31.5 Å². The molecule has 1 aromatic carbocycles. The van der Waals surface area contributed by atoms with Gasteiger partial charge in [-0.3, -0.25) is 10.3 Å². The fourth-order valence-corrected chi connectivity index (χ4v) is 4.11. The average Bonchev–Trinajstić information content (AvgIpc) is 3.15. The zero-order valence-electron chi connectivity index (χ0n) is 15.2. The Kier molecular flexibility index (Phi) is 5.97. The van der Waals surface area contributed by atoms with Gasteiger partial charge in [-0.2, -0.15) is 0 Å². The maximum Gasteiger partial charge on any atom is 0.321 e. The molecular weight excluding hydrogens is 400 g/mol. The fraction of sp³-hybridized carbons (Fsp3) is 0.176. The Balaban J connectivity index is 1.65. The first-order valence-electron chi connectivity index (χ1n) is 8.18. The van der Waals surface area contributed by atoms with E-state index in [2.05, 4.69) is 25.8 Å². The highest BCUT2D eigenvalue weighted by atomic mass is 32.2. The van der Waals surface area contributed by atoms with Gasteiger partial charge in [0.05, 0.1) is 4.90 Å². The van der Waals surface area contributed by atoms with Gasteiger partial charge in [0.1, 0.15) is 5.69 Å². The van der Waals surface area contributed by atoms with Gasteiger partial charge in [-0.05, 0) is 23.8 Å². The Labute approximate surface area is 166 Å². The number of urea groups is 1. The molecule has 11 heteroatoms. The third-order valence-corrected chi connectivity index (χ3v) is 6.48. The van der Waals surface area contributed by atoms with Gasteiger partial charge in [-0.25, -0.2) is 17.5 Å². The summed E-state index contributed by atoms with van der Waals surface area (Å²) in [4.78, 5) is 16.5. The highest BCUT2D eigenvalue weighted by molar-refractivity contribution is 7.89. The van der Waals surface area contributed by atoms with Crippen molar-refractivity contribution in [3.63, 3.8) is 0 Å². The molecule has 0 spiro atoms. The second-order valence-corrected chi connectivity index (χ2v) is 8.93. The first-order chi connectivity index (χ1) is 13.4. The SMILES string of the molecule is CN(C)S(=O)(=O)c1ccccc1CNC(=O)Nc1nnc(-c2ccccn2)s1. The van der Waals surface area contributed by atoms with E-state index in [0.717, 1.165) is 4.31 Å². The molecule has 3 aromatic rings. The molecule has 0 aliphatic carbocycles. The van der Waals surface area contributed by atoms with Crippen molar-refractivity contribution in [1.29, 1.82) is 0 Å². The summed E-state index contributed by atoms with van der Waals surface area (Å²) in [5.41, 5.74) is 1.15. The van der Waals surface area contributed by atoms with Gasteiger partial charge in [0.15, 0.2) is 5.01 Å². The summed E-state index contributed by atoms with van der Waals surface area (Å²) < 4.78 is 25.9. The molecule has 0 aliphatic heterocycles. The number of nitrogens with one attached hydrogen (secondary N) is 2. The van der Waals surface area contributed by atoms with E-state index in [1.807, 2.05) is 6.07 Å². The lowest BCUT2D eigenvalue weighted by atomic mass is 10.2. The Morgan fingerprint density at radius 2 is 1.86 bits per heavy atom. The van der Waals surface area contributed by atoms with Gasteiger partial charge in [-0.15, -0.1) is 10.2 Å². The van der Waals surface area contributed by atoms with Gasteiger partial charge in [0.2, 0.25) is 15.2 Å². The fourth-order valence-electron chi connectivity index (χ4n) is 2.28. The molecule has 0 saturated carbocycles. The van der Waals surface area contributed by atoms with Crippen molar-refractivity contribution < 1.29 is 13.2 Å². The van der Waals surface area contributed by atoms with E-state index in [-0.39, 0.29) is 11.4 Å². The number of sulfonamides is 1. The van der Waals surface area contributed by atoms with Crippen molar-refractivity contribution in [2.45, 2.75) is 11.4 Å². The Morgan fingerprint density at radius 1 is 1.11 bits per heavy atom. The van der Waals surface area contributed by atoms with E-state index in [9.17, 15) is 13.2 Å². The van der Waals surface area contributed by atoms with Crippen LogP contribution in [0.3, 0.4) is 0 Å². The van der Waals surface area contributed by atoms with Crippen LogP contribution in [0.1, 0.15) is 5.56 Å². The van der Waals surface area contributed by atoms with E-state index < -0.39 is 16.1 Å². The van der Waals surface area contributed by atoms with Crippen LogP contribution in [0.4, 0.5) is 9.93 Å². The summed E-state index contributed by atoms with van der Waals surface area (Å²) in [6, 6.07) is 11.4. The van der Waals surface area contributed by atoms with Gasteiger partial charge < -0.3 is 5.32 Å². The molecule has 0 fully saturated rings. The third kappa shape index (κ3) is 4.50. The Morgan fingerprint density at radius 3 is 2.57 bits per heavy atom. The predicted octanol–water partition coefficient (Wildman–Crippen LogP) is 2.17. The third-order valence-electron chi connectivity index (χ3n) is 3.70. The van der Waals surface area contributed by atoms with Crippen LogP contribution < -0.4 is 10.6 Å². The second-order valence-electron chi connectivity index (χ2n) is 5.83. The van der Waals surface area contributed by atoms with Crippen LogP contribution in [0.2, 0.25) is 0 Å². The zero-order chi connectivity index (χ0) is 20.1. The number of carbonyl (C=O) groups excluding carboxylic acids is 1. The number of aromatic nitrogens is 3. The Bertz CT molecular complexity index is 1070. The highest BCUT2D eigenvalue weighted by Crippen LogP contribution is 2.24. The number of hydrogen-bond donors (Lipinski definition) is 2. The van der Waals surface area contributed by atoms with Crippen molar-refractivity contribution in [2.75, 3.05) is 19.4 Å². The average molecular weight is 419 g/mol. The van der Waals surface area contributed by atoms with Crippen LogP contribution in [-0.4, -0.2) is 48.0 Å². The van der Waals surface area contributed by atoms with Crippen molar-refractivity contribution in [2.24, 2.45) is 0 Å².